The Bertz CT molecular complexity index is 991. The average Bonchev–Trinajstić information content (AvgIpc) is 3.51. The fraction of sp³-hybridized carbons (Fsp3) is 0.542. The first-order valence-electron chi connectivity index (χ1n) is 11.3. The number of hydrogen-bond acceptors (Lipinski definition) is 5. The molecule has 1 aliphatic rings. The molecule has 182 valence electrons. The molecular formula is C24H33FN3NaO5. The molecule has 1 aromatic carbocycles. The number of carboxylic acid groups (broad SMARTS) is 1. The van der Waals surface area contributed by atoms with Gasteiger partial charge >= 0.3 is 35.5 Å². The maximum atomic E-state index is 13.5. The van der Waals surface area contributed by atoms with Crippen LogP contribution < -0.4 is 0 Å². The zero-order valence-electron chi connectivity index (χ0n) is 19.2. The van der Waals surface area contributed by atoms with Crippen LogP contribution in [0, 0.1) is 5.82 Å². The normalized spacial score (nSPS) is 15.0. The molecule has 0 aliphatic heterocycles. The molecule has 0 unspecified atom stereocenters. The molecule has 0 bridgehead atoms. The molecule has 2 aromatic rings. The van der Waals surface area contributed by atoms with Gasteiger partial charge in [0.05, 0.1) is 24.3 Å². The van der Waals surface area contributed by atoms with Crippen LogP contribution >= 0.6 is 0 Å². The average molecular weight is 486 g/mol. The van der Waals surface area contributed by atoms with Gasteiger partial charge in [0.2, 0.25) is 0 Å². The van der Waals surface area contributed by atoms with Gasteiger partial charge in [0, 0.05) is 24.3 Å². The molecule has 1 aliphatic carbocycles. The Balaban J connectivity index is 0.00000408. The molecule has 1 saturated carbocycles. The summed E-state index contributed by atoms with van der Waals surface area (Å²) in [5, 5.41) is 33.7. The Morgan fingerprint density at radius 1 is 1.18 bits per heavy atom. The number of rotatable bonds is 11. The Morgan fingerprint density at radius 2 is 1.79 bits per heavy atom. The molecule has 10 heteroatoms. The van der Waals surface area contributed by atoms with E-state index in [4.69, 9.17) is 5.11 Å². The van der Waals surface area contributed by atoms with Crippen LogP contribution in [0.25, 0.3) is 5.69 Å². The molecule has 1 amide bonds. The quantitative estimate of drug-likeness (QED) is 0.421. The van der Waals surface area contributed by atoms with Gasteiger partial charge in [-0.05, 0) is 62.3 Å². The first kappa shape index (κ1) is 28.5. The summed E-state index contributed by atoms with van der Waals surface area (Å²) < 4.78 is 15.2. The number of carbonyl (C=O) groups is 2. The topological polar surface area (TPSA) is 116 Å². The number of aliphatic carboxylic acids is 1. The monoisotopic (exact) mass is 485 g/mol. The van der Waals surface area contributed by atoms with E-state index in [0.717, 1.165) is 24.1 Å². The first-order chi connectivity index (χ1) is 15.6. The van der Waals surface area contributed by atoms with Gasteiger partial charge in [-0.15, -0.1) is 0 Å². The molecule has 0 saturated heterocycles. The molecule has 1 aromatic heterocycles. The molecular weight excluding hydrogens is 452 g/mol. The molecule has 34 heavy (non-hydrogen) atoms. The van der Waals surface area contributed by atoms with E-state index >= 15 is 0 Å². The summed E-state index contributed by atoms with van der Waals surface area (Å²) in [6.07, 6.45) is -0.0457. The van der Waals surface area contributed by atoms with E-state index in [-0.39, 0.29) is 66.1 Å². The summed E-state index contributed by atoms with van der Waals surface area (Å²) in [6, 6.07) is 6.04. The van der Waals surface area contributed by atoms with Crippen LogP contribution in [0.4, 0.5) is 4.39 Å². The van der Waals surface area contributed by atoms with Crippen LogP contribution in [0.3, 0.4) is 0 Å². The Labute approximate surface area is 221 Å². The minimum absolute atomic E-state index is 0. The molecule has 2 atom stereocenters. The molecule has 3 rings (SSSR count). The second kappa shape index (κ2) is 12.3. The number of hydrogen-bond donors (Lipinski definition) is 3. The van der Waals surface area contributed by atoms with Crippen molar-refractivity contribution in [1.82, 2.24) is 14.7 Å². The van der Waals surface area contributed by atoms with Gasteiger partial charge in [-0.25, -0.2) is 9.07 Å². The van der Waals surface area contributed by atoms with Crippen molar-refractivity contribution in [3.63, 3.8) is 0 Å². The van der Waals surface area contributed by atoms with Gasteiger partial charge < -0.3 is 20.2 Å². The Morgan fingerprint density at radius 3 is 2.32 bits per heavy atom. The third-order valence-corrected chi connectivity index (χ3v) is 5.96. The molecule has 0 spiro atoms. The summed E-state index contributed by atoms with van der Waals surface area (Å²) in [6.45, 7) is 3.94. The van der Waals surface area contributed by atoms with Gasteiger partial charge in [-0.3, -0.25) is 9.59 Å². The summed E-state index contributed by atoms with van der Waals surface area (Å²) in [7, 11) is 1.77. The third-order valence-electron chi connectivity index (χ3n) is 5.96. The third kappa shape index (κ3) is 7.11. The van der Waals surface area contributed by atoms with Crippen LogP contribution in [0.2, 0.25) is 0 Å². The van der Waals surface area contributed by atoms with Gasteiger partial charge in [-0.2, -0.15) is 5.10 Å². The van der Waals surface area contributed by atoms with E-state index in [9.17, 15) is 24.2 Å². The predicted octanol–water partition coefficient (Wildman–Crippen LogP) is 2.24. The minimum atomic E-state index is -1.14. The van der Waals surface area contributed by atoms with Gasteiger partial charge in [0.25, 0.3) is 5.91 Å². The standard InChI is InChI=1S/C24H32FN3O5.Na.H/c1-14(2)22-20(11-10-18(29)12-19(30)13-21(31)32)28(17-6-4-15(25)5-7-17)26-23(22)24(33)27(3)16-8-9-16;;/h4-7,14,16,18-19,29-30H,8-13H2,1-3H3,(H,31,32);;/t18-,19-;;/m1../s1. The molecule has 8 nitrogen and oxygen atoms in total. The second-order valence-corrected chi connectivity index (χ2v) is 9.08. The number of carbonyl (C=O) groups excluding carboxylic acids is 1. The number of aliphatic hydroxyl groups is 2. The number of benzene rings is 1. The van der Waals surface area contributed by atoms with Crippen LogP contribution in [0.15, 0.2) is 24.3 Å². The van der Waals surface area contributed by atoms with Crippen molar-refractivity contribution >= 4 is 41.4 Å². The fourth-order valence-electron chi connectivity index (χ4n) is 4.08. The van der Waals surface area contributed by atoms with Gasteiger partial charge in [0.15, 0.2) is 5.69 Å². The molecule has 1 fully saturated rings. The number of amides is 1. The number of aliphatic hydroxyl groups excluding tert-OH is 2. The van der Waals surface area contributed by atoms with Gasteiger partial charge in [0.1, 0.15) is 5.82 Å². The predicted molar refractivity (Wildman–Crippen MR) is 127 cm³/mol. The van der Waals surface area contributed by atoms with Crippen molar-refractivity contribution < 1.29 is 29.3 Å². The van der Waals surface area contributed by atoms with E-state index in [0.29, 0.717) is 17.8 Å². The van der Waals surface area contributed by atoms with E-state index < -0.39 is 24.6 Å². The van der Waals surface area contributed by atoms with Crippen LogP contribution in [0.5, 0.6) is 0 Å². The summed E-state index contributed by atoms with van der Waals surface area (Å²) in [5.41, 5.74) is 2.45. The zero-order valence-corrected chi connectivity index (χ0v) is 19.2. The molecule has 0 radical (unpaired) electrons. The second-order valence-electron chi connectivity index (χ2n) is 9.08. The van der Waals surface area contributed by atoms with Crippen LogP contribution in [0.1, 0.15) is 73.6 Å². The SMILES string of the molecule is CC(C)c1c(C(=O)N(C)C2CC2)nn(-c2ccc(F)cc2)c1CC[C@@H](O)C[C@@H](O)CC(=O)O.[NaH]. The van der Waals surface area contributed by atoms with Crippen LogP contribution in [-0.2, 0) is 11.2 Å². The maximum absolute atomic E-state index is 13.5. The van der Waals surface area contributed by atoms with E-state index in [1.807, 2.05) is 13.8 Å². The van der Waals surface area contributed by atoms with Crippen molar-refractivity contribution in [3.8, 4) is 5.69 Å². The van der Waals surface area contributed by atoms with Crippen molar-refractivity contribution in [2.75, 3.05) is 7.05 Å². The Hall–Kier alpha value is -1.78. The zero-order chi connectivity index (χ0) is 24.3. The van der Waals surface area contributed by atoms with Crippen molar-refractivity contribution in [2.45, 2.75) is 76.5 Å². The van der Waals surface area contributed by atoms with Crippen molar-refractivity contribution in [2.24, 2.45) is 0 Å². The fourth-order valence-corrected chi connectivity index (χ4v) is 4.08. The number of carboxylic acids is 1. The van der Waals surface area contributed by atoms with E-state index in [2.05, 4.69) is 5.10 Å². The summed E-state index contributed by atoms with van der Waals surface area (Å²) >= 11 is 0. The van der Waals surface area contributed by atoms with Crippen molar-refractivity contribution in [3.05, 3.63) is 47.0 Å². The molecule has 3 N–H and O–H groups in total. The number of aromatic nitrogens is 2. The van der Waals surface area contributed by atoms with Gasteiger partial charge in [-0.1, -0.05) is 13.8 Å². The summed E-state index contributed by atoms with van der Waals surface area (Å²) in [5.74, 6) is -1.71. The van der Waals surface area contributed by atoms with Crippen LogP contribution in [-0.4, -0.2) is 96.7 Å². The number of halogens is 1. The van der Waals surface area contributed by atoms with E-state index in [1.54, 1.807) is 28.8 Å². The number of nitrogens with zero attached hydrogens (tertiary/aromatic N) is 3. The summed E-state index contributed by atoms with van der Waals surface area (Å²) in [4.78, 5) is 25.7. The Kier molecular flexibility index (Phi) is 10.3. The van der Waals surface area contributed by atoms with E-state index in [1.165, 1.54) is 12.1 Å². The molecule has 1 heterocycles. The van der Waals surface area contributed by atoms with Crippen molar-refractivity contribution in [1.29, 1.82) is 0 Å². The first-order valence-corrected chi connectivity index (χ1v) is 11.3.